The number of pyridine rings is 1. The summed E-state index contributed by atoms with van der Waals surface area (Å²) in [5.41, 5.74) is -4.46. The zero-order chi connectivity index (χ0) is 25.0. The summed E-state index contributed by atoms with van der Waals surface area (Å²) < 4.78 is 67.7. The van der Waals surface area contributed by atoms with Crippen molar-refractivity contribution in [2.45, 2.75) is 37.8 Å². The molecule has 0 unspecified atom stereocenters. The van der Waals surface area contributed by atoms with Crippen LogP contribution in [0.5, 0.6) is 0 Å². The van der Waals surface area contributed by atoms with E-state index in [-0.39, 0.29) is 5.69 Å². The molecule has 3 atom stereocenters. The van der Waals surface area contributed by atoms with Crippen molar-refractivity contribution in [3.63, 3.8) is 0 Å². The topological polar surface area (TPSA) is 94.0 Å². The molecule has 7 nitrogen and oxygen atoms in total. The molecule has 1 aromatic carbocycles. The first-order valence-electron chi connectivity index (χ1n) is 9.29. The molecule has 0 bridgehead atoms. The minimum absolute atomic E-state index is 0.162. The highest BCUT2D eigenvalue weighted by molar-refractivity contribution is 6.31. The number of benzene rings is 1. The van der Waals surface area contributed by atoms with Crippen LogP contribution in [0.15, 0.2) is 24.3 Å². The van der Waals surface area contributed by atoms with E-state index in [2.05, 4.69) is 4.98 Å². The summed E-state index contributed by atoms with van der Waals surface area (Å²) >= 11 is 5.64. The van der Waals surface area contributed by atoms with E-state index < -0.39 is 69.5 Å². The number of aliphatic hydroxyl groups excluding tert-OH is 1. The van der Waals surface area contributed by atoms with Gasteiger partial charge in [-0.15, -0.1) is 0 Å². The van der Waals surface area contributed by atoms with Crippen molar-refractivity contribution in [1.29, 1.82) is 0 Å². The van der Waals surface area contributed by atoms with Gasteiger partial charge in [0.1, 0.15) is 29.6 Å². The molecule has 13 heteroatoms. The van der Waals surface area contributed by atoms with E-state index in [0.717, 1.165) is 20.0 Å². The second kappa shape index (κ2) is 8.19. The Bertz CT molecular complexity index is 1140. The summed E-state index contributed by atoms with van der Waals surface area (Å²) in [7, 11) is 1.02. The number of amides is 2. The number of aliphatic hydroxyl groups is 2. The van der Waals surface area contributed by atoms with E-state index in [1.807, 2.05) is 0 Å². The average Bonchev–Trinajstić information content (AvgIpc) is 2.88. The third kappa shape index (κ3) is 4.25. The number of anilines is 2. The highest BCUT2D eigenvalue weighted by Crippen LogP contribution is 2.38. The lowest BCUT2D eigenvalue weighted by atomic mass is 9.97. The third-order valence-corrected chi connectivity index (χ3v) is 5.54. The van der Waals surface area contributed by atoms with Crippen molar-refractivity contribution in [1.82, 2.24) is 4.98 Å². The van der Waals surface area contributed by atoms with Gasteiger partial charge in [-0.3, -0.25) is 14.5 Å². The maximum Gasteiger partial charge on any atom is 0.416 e. The minimum atomic E-state index is -4.82. The molecule has 178 valence electrons. The first-order chi connectivity index (χ1) is 15.1. The molecule has 3 rings (SSSR count). The monoisotopic (exact) mass is 493 g/mol. The van der Waals surface area contributed by atoms with E-state index in [4.69, 9.17) is 11.6 Å². The van der Waals surface area contributed by atoms with Gasteiger partial charge >= 0.3 is 6.18 Å². The lowest BCUT2D eigenvalue weighted by Crippen LogP contribution is -2.51. The number of hydrogen-bond donors (Lipinski definition) is 2. The summed E-state index contributed by atoms with van der Waals surface area (Å²) in [6.45, 7) is 2.09. The summed E-state index contributed by atoms with van der Waals surface area (Å²) in [5.74, 6) is -5.48. The van der Waals surface area contributed by atoms with Gasteiger partial charge in [-0.25, -0.2) is 13.8 Å². The average molecular weight is 494 g/mol. The fourth-order valence-electron chi connectivity index (χ4n) is 3.46. The molecule has 1 aliphatic heterocycles. The number of carbonyl (C=O) groups excluding carboxylic acids is 2. The van der Waals surface area contributed by atoms with Crippen molar-refractivity contribution >= 4 is 34.9 Å². The van der Waals surface area contributed by atoms with Crippen molar-refractivity contribution in [3.8, 4) is 0 Å². The standard InChI is InChI=1S/C20H17ClF5N3O4/c1-8-4-9(20(24,25)26)5-14(27-8)29-15(16(30)19(2,33)18(29)32)17(31)28(3)13-6-10(21)11(22)7-12(13)23/h4-7,15-16,30,33H,1-3H3/t15-,16-,19-/m0/s1. The van der Waals surface area contributed by atoms with Crippen molar-refractivity contribution in [3.05, 3.63) is 52.2 Å². The minimum Gasteiger partial charge on any atom is -0.387 e. The lowest BCUT2D eigenvalue weighted by Gasteiger charge is -2.29. The predicted octanol–water partition coefficient (Wildman–Crippen LogP) is 2.83. The SMILES string of the molecule is Cc1cc(C(F)(F)F)cc(N2C(=O)[C@@](C)(O)[C@@H](O)[C@H]2C(=O)N(C)c2cc(Cl)c(F)cc2F)n1. The Labute approximate surface area is 189 Å². The second-order valence-electron chi connectivity index (χ2n) is 7.68. The van der Waals surface area contributed by atoms with E-state index >= 15 is 0 Å². The summed E-state index contributed by atoms with van der Waals surface area (Å²) in [6.07, 6.45) is -6.95. The van der Waals surface area contributed by atoms with Crippen molar-refractivity contribution < 1.29 is 41.8 Å². The van der Waals surface area contributed by atoms with Gasteiger partial charge in [0.15, 0.2) is 5.60 Å². The van der Waals surface area contributed by atoms with E-state index in [9.17, 15) is 41.8 Å². The molecule has 0 radical (unpaired) electrons. The Morgan fingerprint density at radius 2 is 1.82 bits per heavy atom. The molecule has 1 aromatic heterocycles. The number of alkyl halides is 3. The largest absolute Gasteiger partial charge is 0.416 e. The Kier molecular flexibility index (Phi) is 6.15. The molecular formula is C20H17ClF5N3O4. The molecular weight excluding hydrogens is 477 g/mol. The normalized spacial score (nSPS) is 23.2. The summed E-state index contributed by atoms with van der Waals surface area (Å²) in [4.78, 5) is 30.9. The van der Waals surface area contributed by atoms with Crippen LogP contribution in [-0.4, -0.2) is 51.8 Å². The highest BCUT2D eigenvalue weighted by atomic mass is 35.5. The molecule has 1 fully saturated rings. The predicted molar refractivity (Wildman–Crippen MR) is 107 cm³/mol. The van der Waals surface area contributed by atoms with Crippen LogP contribution in [0.3, 0.4) is 0 Å². The van der Waals surface area contributed by atoms with Gasteiger partial charge in [-0.05, 0) is 32.0 Å². The first-order valence-corrected chi connectivity index (χ1v) is 9.67. The van der Waals surface area contributed by atoms with Crippen LogP contribution >= 0.6 is 11.6 Å². The fraction of sp³-hybridized carbons (Fsp3) is 0.350. The molecule has 2 heterocycles. The Balaban J connectivity index is 2.13. The van der Waals surface area contributed by atoms with Gasteiger partial charge in [0.25, 0.3) is 11.8 Å². The Hall–Kier alpha value is -2.83. The van der Waals surface area contributed by atoms with Crippen LogP contribution in [0.25, 0.3) is 0 Å². The molecule has 2 N–H and O–H groups in total. The van der Waals surface area contributed by atoms with Crippen molar-refractivity contribution in [2.24, 2.45) is 0 Å². The Morgan fingerprint density at radius 1 is 1.21 bits per heavy atom. The smallest absolute Gasteiger partial charge is 0.387 e. The quantitative estimate of drug-likeness (QED) is 0.506. The van der Waals surface area contributed by atoms with E-state index in [1.165, 1.54) is 6.92 Å². The number of aromatic nitrogens is 1. The van der Waals surface area contributed by atoms with E-state index in [1.54, 1.807) is 0 Å². The van der Waals surface area contributed by atoms with Gasteiger partial charge in [-0.2, -0.15) is 13.2 Å². The molecule has 1 saturated heterocycles. The zero-order valence-corrected chi connectivity index (χ0v) is 18.0. The highest BCUT2D eigenvalue weighted by Gasteiger charge is 2.59. The summed E-state index contributed by atoms with van der Waals surface area (Å²) in [5, 5.41) is 20.5. The molecule has 33 heavy (non-hydrogen) atoms. The van der Waals surface area contributed by atoms with Crippen LogP contribution in [0.2, 0.25) is 5.02 Å². The van der Waals surface area contributed by atoms with Gasteiger partial charge in [0.2, 0.25) is 0 Å². The zero-order valence-electron chi connectivity index (χ0n) is 17.3. The summed E-state index contributed by atoms with van der Waals surface area (Å²) in [6, 6.07) is 0.383. The Morgan fingerprint density at radius 3 is 2.39 bits per heavy atom. The van der Waals surface area contributed by atoms with Crippen LogP contribution in [0, 0.1) is 18.6 Å². The maximum absolute atomic E-state index is 14.3. The van der Waals surface area contributed by atoms with Gasteiger partial charge < -0.3 is 15.1 Å². The molecule has 2 amide bonds. The van der Waals surface area contributed by atoms with Crippen LogP contribution < -0.4 is 9.80 Å². The number of halogens is 6. The van der Waals surface area contributed by atoms with Gasteiger partial charge in [0.05, 0.1) is 16.3 Å². The number of hydrogen-bond acceptors (Lipinski definition) is 5. The van der Waals surface area contributed by atoms with Crippen LogP contribution in [-0.2, 0) is 15.8 Å². The van der Waals surface area contributed by atoms with Gasteiger partial charge in [-0.1, -0.05) is 11.6 Å². The molecule has 2 aromatic rings. The van der Waals surface area contributed by atoms with Crippen molar-refractivity contribution in [2.75, 3.05) is 16.8 Å². The number of rotatable bonds is 3. The number of aryl methyl sites for hydroxylation is 1. The fourth-order valence-corrected chi connectivity index (χ4v) is 3.62. The van der Waals surface area contributed by atoms with Crippen LogP contribution in [0.4, 0.5) is 33.5 Å². The third-order valence-electron chi connectivity index (χ3n) is 5.25. The lowest BCUT2D eigenvalue weighted by molar-refractivity contribution is -0.139. The number of nitrogens with zero attached hydrogens (tertiary/aromatic N) is 3. The molecule has 1 aliphatic rings. The second-order valence-corrected chi connectivity index (χ2v) is 8.09. The maximum atomic E-state index is 14.3. The molecule has 0 aliphatic carbocycles. The van der Waals surface area contributed by atoms with Gasteiger partial charge in [0, 0.05) is 18.8 Å². The molecule has 0 saturated carbocycles. The number of likely N-dealkylation sites (N-methyl/N-ethyl adjacent to an activating group) is 1. The van der Waals surface area contributed by atoms with Crippen LogP contribution in [0.1, 0.15) is 18.2 Å². The van der Waals surface area contributed by atoms with E-state index in [0.29, 0.717) is 28.0 Å². The first kappa shape index (κ1) is 24.8. The molecule has 0 spiro atoms. The number of carbonyl (C=O) groups is 2.